The van der Waals surface area contributed by atoms with E-state index in [1.807, 2.05) is 41.5 Å². The van der Waals surface area contributed by atoms with Crippen LogP contribution in [0.3, 0.4) is 0 Å². The molecule has 0 bridgehead atoms. The molecule has 0 fully saturated rings. The lowest BCUT2D eigenvalue weighted by atomic mass is 10.2. The SMILES string of the molecule is CCO[Si](CCCCCC[Si](OCC)(OCC)OCC)(OCC)OCC. The molecule has 0 spiro atoms. The third-order valence-corrected chi connectivity index (χ3v) is 10.2. The molecular formula is C18H42O6Si2. The Bertz CT molecular complexity index is 256. The first kappa shape index (κ1) is 26.2. The molecule has 0 aromatic heterocycles. The van der Waals surface area contributed by atoms with Gasteiger partial charge in [0.05, 0.1) is 0 Å². The van der Waals surface area contributed by atoms with Crippen LogP contribution in [0, 0.1) is 0 Å². The zero-order valence-corrected chi connectivity index (χ0v) is 19.9. The molecule has 0 aliphatic rings. The third-order valence-electron chi connectivity index (χ3n) is 3.90. The van der Waals surface area contributed by atoms with Gasteiger partial charge in [0.1, 0.15) is 0 Å². The molecule has 26 heavy (non-hydrogen) atoms. The van der Waals surface area contributed by atoms with Crippen LogP contribution < -0.4 is 0 Å². The molecule has 0 aromatic rings. The first-order valence-electron chi connectivity index (χ1n) is 10.4. The van der Waals surface area contributed by atoms with E-state index < -0.39 is 17.6 Å². The topological polar surface area (TPSA) is 55.4 Å². The number of hydrogen-bond acceptors (Lipinski definition) is 6. The van der Waals surface area contributed by atoms with Crippen LogP contribution in [0.5, 0.6) is 0 Å². The lowest BCUT2D eigenvalue weighted by Crippen LogP contribution is -2.46. The van der Waals surface area contributed by atoms with Crippen molar-refractivity contribution in [1.29, 1.82) is 0 Å². The van der Waals surface area contributed by atoms with Crippen LogP contribution in [0.4, 0.5) is 0 Å². The van der Waals surface area contributed by atoms with E-state index in [9.17, 15) is 0 Å². The van der Waals surface area contributed by atoms with Gasteiger partial charge in [0, 0.05) is 51.7 Å². The third kappa shape index (κ3) is 10.5. The minimum atomic E-state index is -2.50. The van der Waals surface area contributed by atoms with Crippen molar-refractivity contribution in [3.05, 3.63) is 0 Å². The smallest absolute Gasteiger partial charge is 0.374 e. The summed E-state index contributed by atoms with van der Waals surface area (Å²) < 4.78 is 35.5. The van der Waals surface area contributed by atoms with Gasteiger partial charge < -0.3 is 26.6 Å². The van der Waals surface area contributed by atoms with E-state index in [1.54, 1.807) is 0 Å². The van der Waals surface area contributed by atoms with Gasteiger partial charge in [0.15, 0.2) is 0 Å². The van der Waals surface area contributed by atoms with Crippen molar-refractivity contribution < 1.29 is 26.6 Å². The van der Waals surface area contributed by atoms with Crippen LogP contribution in [-0.4, -0.2) is 57.3 Å². The standard InChI is InChI=1S/C18H42O6Si2/c1-7-19-25(20-8-2,21-9-3)17-15-13-14-16-18-26(22-10-4,23-11-5)24-12-6/h7-18H2,1-6H3. The molecule has 0 aliphatic heterocycles. The summed E-state index contributed by atoms with van der Waals surface area (Å²) in [4.78, 5) is 0. The molecule has 6 nitrogen and oxygen atoms in total. The molecule has 8 heteroatoms. The monoisotopic (exact) mass is 410 g/mol. The maximum absolute atomic E-state index is 5.91. The van der Waals surface area contributed by atoms with E-state index >= 15 is 0 Å². The first-order valence-corrected chi connectivity index (χ1v) is 14.3. The fourth-order valence-corrected chi connectivity index (χ4v) is 8.41. The van der Waals surface area contributed by atoms with Gasteiger partial charge in [-0.2, -0.15) is 0 Å². The zero-order valence-electron chi connectivity index (χ0n) is 17.9. The Balaban J connectivity index is 4.35. The number of unbranched alkanes of at least 4 members (excludes halogenated alkanes) is 3. The predicted octanol–water partition coefficient (Wildman–Crippen LogP) is 4.64. The molecule has 0 rings (SSSR count). The summed E-state index contributed by atoms with van der Waals surface area (Å²) in [6.45, 7) is 15.8. The molecule has 0 aliphatic carbocycles. The van der Waals surface area contributed by atoms with Gasteiger partial charge in [-0.1, -0.05) is 12.8 Å². The van der Waals surface area contributed by atoms with Crippen molar-refractivity contribution in [1.82, 2.24) is 0 Å². The summed E-state index contributed by atoms with van der Waals surface area (Å²) in [5.41, 5.74) is 0. The second-order valence-electron chi connectivity index (χ2n) is 5.88. The first-order chi connectivity index (χ1) is 12.6. The summed E-state index contributed by atoms with van der Waals surface area (Å²) in [5.74, 6) is 0. The molecule has 0 unspecified atom stereocenters. The van der Waals surface area contributed by atoms with E-state index in [4.69, 9.17) is 26.6 Å². The summed E-state index contributed by atoms with van der Waals surface area (Å²) >= 11 is 0. The molecule has 0 N–H and O–H groups in total. The van der Waals surface area contributed by atoms with Gasteiger partial charge >= 0.3 is 17.6 Å². The molecule has 0 atom stereocenters. The summed E-state index contributed by atoms with van der Waals surface area (Å²) in [6.07, 6.45) is 4.35. The van der Waals surface area contributed by atoms with Crippen LogP contribution in [0.2, 0.25) is 12.1 Å². The fourth-order valence-electron chi connectivity index (χ4n) is 3.04. The number of rotatable bonds is 19. The maximum atomic E-state index is 5.91. The maximum Gasteiger partial charge on any atom is 0.500 e. The van der Waals surface area contributed by atoms with Crippen molar-refractivity contribution in [2.75, 3.05) is 39.6 Å². The Kier molecular flexibility index (Phi) is 16.3. The molecule has 0 saturated heterocycles. The molecule has 0 heterocycles. The van der Waals surface area contributed by atoms with Gasteiger partial charge in [-0.25, -0.2) is 0 Å². The molecule has 0 amide bonds. The Morgan fingerprint density at radius 2 is 0.615 bits per heavy atom. The van der Waals surface area contributed by atoms with Crippen LogP contribution >= 0.6 is 0 Å². The highest BCUT2D eigenvalue weighted by atomic mass is 28.4. The Morgan fingerprint density at radius 3 is 0.808 bits per heavy atom. The molecule has 0 radical (unpaired) electrons. The Morgan fingerprint density at radius 1 is 0.385 bits per heavy atom. The zero-order chi connectivity index (χ0) is 19.7. The lowest BCUT2D eigenvalue weighted by molar-refractivity contribution is 0.0688. The van der Waals surface area contributed by atoms with Gasteiger partial charge in [-0.3, -0.25) is 0 Å². The van der Waals surface area contributed by atoms with Crippen LogP contribution in [0.25, 0.3) is 0 Å². The predicted molar refractivity (Wildman–Crippen MR) is 109 cm³/mol. The second-order valence-corrected chi connectivity index (χ2v) is 11.3. The quantitative estimate of drug-likeness (QED) is 0.228. The van der Waals surface area contributed by atoms with Crippen LogP contribution in [0.1, 0.15) is 67.2 Å². The average Bonchev–Trinajstić information content (AvgIpc) is 2.59. The van der Waals surface area contributed by atoms with Gasteiger partial charge in [0.2, 0.25) is 0 Å². The average molecular weight is 411 g/mol. The molecule has 158 valence electrons. The van der Waals surface area contributed by atoms with E-state index in [2.05, 4.69) is 0 Å². The van der Waals surface area contributed by atoms with Gasteiger partial charge in [-0.15, -0.1) is 0 Å². The highest BCUT2D eigenvalue weighted by Crippen LogP contribution is 2.23. The normalized spacial score (nSPS) is 12.7. The Hall–Kier alpha value is 0.194. The highest BCUT2D eigenvalue weighted by molar-refractivity contribution is 6.61. The van der Waals surface area contributed by atoms with Crippen LogP contribution in [0.15, 0.2) is 0 Å². The fraction of sp³-hybridized carbons (Fsp3) is 1.00. The summed E-state index contributed by atoms with van der Waals surface area (Å²) in [7, 11) is -4.99. The number of hydrogen-bond donors (Lipinski definition) is 0. The van der Waals surface area contributed by atoms with Gasteiger partial charge in [-0.05, 0) is 54.4 Å². The minimum Gasteiger partial charge on any atom is -0.374 e. The molecular weight excluding hydrogens is 368 g/mol. The summed E-state index contributed by atoms with van der Waals surface area (Å²) in [6, 6.07) is 1.76. The van der Waals surface area contributed by atoms with E-state index in [-0.39, 0.29) is 0 Å². The van der Waals surface area contributed by atoms with E-state index in [0.29, 0.717) is 39.6 Å². The van der Waals surface area contributed by atoms with Gasteiger partial charge in [0.25, 0.3) is 0 Å². The van der Waals surface area contributed by atoms with Crippen molar-refractivity contribution in [2.45, 2.75) is 79.3 Å². The largest absolute Gasteiger partial charge is 0.500 e. The molecule has 0 saturated carbocycles. The Labute approximate surface area is 163 Å². The van der Waals surface area contributed by atoms with Crippen molar-refractivity contribution in [2.24, 2.45) is 0 Å². The molecule has 0 aromatic carbocycles. The lowest BCUT2D eigenvalue weighted by Gasteiger charge is -2.29. The van der Waals surface area contributed by atoms with Crippen LogP contribution in [-0.2, 0) is 26.6 Å². The second kappa shape index (κ2) is 16.2. The van der Waals surface area contributed by atoms with Crippen molar-refractivity contribution >= 4 is 17.6 Å². The van der Waals surface area contributed by atoms with Crippen molar-refractivity contribution in [3.63, 3.8) is 0 Å². The van der Waals surface area contributed by atoms with Crippen molar-refractivity contribution in [3.8, 4) is 0 Å². The summed E-state index contributed by atoms with van der Waals surface area (Å²) in [5, 5.41) is 0. The minimum absolute atomic E-state index is 0.636. The van der Waals surface area contributed by atoms with E-state index in [1.165, 1.54) is 0 Å². The highest BCUT2D eigenvalue weighted by Gasteiger charge is 2.40. The van der Waals surface area contributed by atoms with E-state index in [0.717, 1.165) is 37.8 Å².